The number of hydrogen-bond acceptors (Lipinski definition) is 5. The zero-order valence-electron chi connectivity index (χ0n) is 19.0. The van der Waals surface area contributed by atoms with E-state index in [0.717, 1.165) is 36.1 Å². The Bertz CT molecular complexity index is 1090. The smallest absolute Gasteiger partial charge is 0.242 e. The molecule has 5 rings (SSSR count). The Balaban J connectivity index is 1.43. The Labute approximate surface area is 193 Å². The van der Waals surface area contributed by atoms with E-state index in [2.05, 4.69) is 0 Å². The van der Waals surface area contributed by atoms with Gasteiger partial charge in [0, 0.05) is 37.2 Å². The SMILES string of the molecule is Cc1nc([C@@H]2CCCN2C(=O)CN2CCCC2=O)nc2c1CCC(=O)N2Cc1ccccc1. The zero-order chi connectivity index (χ0) is 22.9. The van der Waals surface area contributed by atoms with Crippen LogP contribution in [0.5, 0.6) is 0 Å². The predicted octanol–water partition coefficient (Wildman–Crippen LogP) is 2.55. The molecule has 0 bridgehead atoms. The molecule has 3 aliphatic rings. The van der Waals surface area contributed by atoms with Crippen LogP contribution in [0.25, 0.3) is 0 Å². The van der Waals surface area contributed by atoms with Crippen molar-refractivity contribution >= 4 is 23.5 Å². The Hall–Kier alpha value is -3.29. The van der Waals surface area contributed by atoms with Crippen molar-refractivity contribution in [2.75, 3.05) is 24.5 Å². The van der Waals surface area contributed by atoms with Crippen molar-refractivity contribution in [2.45, 2.75) is 58.0 Å². The molecule has 0 radical (unpaired) electrons. The lowest BCUT2D eigenvalue weighted by Gasteiger charge is -2.31. The second-order valence-electron chi connectivity index (χ2n) is 9.10. The van der Waals surface area contributed by atoms with Gasteiger partial charge in [0.1, 0.15) is 5.82 Å². The molecule has 8 heteroatoms. The van der Waals surface area contributed by atoms with Gasteiger partial charge in [-0.3, -0.25) is 19.3 Å². The Kier molecular flexibility index (Phi) is 5.83. The van der Waals surface area contributed by atoms with Gasteiger partial charge in [-0.05, 0) is 38.2 Å². The summed E-state index contributed by atoms with van der Waals surface area (Å²) < 4.78 is 0. The number of hydrogen-bond donors (Lipinski definition) is 0. The molecule has 2 saturated heterocycles. The van der Waals surface area contributed by atoms with E-state index >= 15 is 0 Å². The van der Waals surface area contributed by atoms with Crippen molar-refractivity contribution in [1.29, 1.82) is 0 Å². The van der Waals surface area contributed by atoms with Gasteiger partial charge in [-0.15, -0.1) is 0 Å². The molecule has 33 heavy (non-hydrogen) atoms. The van der Waals surface area contributed by atoms with Gasteiger partial charge in [-0.25, -0.2) is 9.97 Å². The van der Waals surface area contributed by atoms with Crippen LogP contribution in [0, 0.1) is 6.92 Å². The Morgan fingerprint density at radius 1 is 1.00 bits per heavy atom. The second-order valence-corrected chi connectivity index (χ2v) is 9.10. The quantitative estimate of drug-likeness (QED) is 0.703. The van der Waals surface area contributed by atoms with Crippen LogP contribution < -0.4 is 4.90 Å². The molecule has 2 aromatic rings. The zero-order valence-corrected chi connectivity index (χ0v) is 19.0. The number of carbonyl (C=O) groups is 3. The van der Waals surface area contributed by atoms with E-state index in [1.54, 1.807) is 9.80 Å². The maximum Gasteiger partial charge on any atom is 0.242 e. The molecule has 1 aromatic carbocycles. The first-order valence-electron chi connectivity index (χ1n) is 11.8. The van der Waals surface area contributed by atoms with Gasteiger partial charge in [0.05, 0.1) is 19.1 Å². The summed E-state index contributed by atoms with van der Waals surface area (Å²) in [6.07, 6.45) is 4.07. The van der Waals surface area contributed by atoms with Crippen LogP contribution in [0.4, 0.5) is 5.82 Å². The monoisotopic (exact) mass is 447 g/mol. The molecule has 3 amide bonds. The molecule has 3 aliphatic heterocycles. The molecule has 2 fully saturated rings. The van der Waals surface area contributed by atoms with E-state index in [1.165, 1.54) is 0 Å². The normalized spacial score (nSPS) is 20.5. The van der Waals surface area contributed by atoms with Gasteiger partial charge in [0.2, 0.25) is 17.7 Å². The molecule has 0 aliphatic carbocycles. The van der Waals surface area contributed by atoms with E-state index < -0.39 is 0 Å². The number of carbonyl (C=O) groups excluding carboxylic acids is 3. The predicted molar refractivity (Wildman–Crippen MR) is 122 cm³/mol. The molecule has 0 N–H and O–H groups in total. The van der Waals surface area contributed by atoms with Gasteiger partial charge in [0.25, 0.3) is 0 Å². The molecule has 0 spiro atoms. The Morgan fingerprint density at radius 3 is 2.58 bits per heavy atom. The first-order valence-corrected chi connectivity index (χ1v) is 11.8. The molecule has 0 unspecified atom stereocenters. The summed E-state index contributed by atoms with van der Waals surface area (Å²) in [5.41, 5.74) is 2.92. The average molecular weight is 448 g/mol. The second kappa shape index (κ2) is 8.92. The highest BCUT2D eigenvalue weighted by Gasteiger charge is 2.36. The molecular weight excluding hydrogens is 418 g/mol. The van der Waals surface area contributed by atoms with E-state index in [4.69, 9.17) is 9.97 Å². The number of amides is 3. The number of aromatic nitrogens is 2. The van der Waals surface area contributed by atoms with Crippen molar-refractivity contribution in [3.8, 4) is 0 Å². The molecule has 4 heterocycles. The lowest BCUT2D eigenvalue weighted by molar-refractivity contribution is -0.139. The average Bonchev–Trinajstić information content (AvgIpc) is 3.46. The van der Waals surface area contributed by atoms with Crippen molar-refractivity contribution in [1.82, 2.24) is 19.8 Å². The van der Waals surface area contributed by atoms with Gasteiger partial charge in [-0.2, -0.15) is 0 Å². The number of nitrogens with zero attached hydrogens (tertiary/aromatic N) is 5. The molecular formula is C25H29N5O3. The van der Waals surface area contributed by atoms with Crippen molar-refractivity contribution in [3.05, 3.63) is 53.0 Å². The fraction of sp³-hybridized carbons (Fsp3) is 0.480. The van der Waals surface area contributed by atoms with Crippen molar-refractivity contribution < 1.29 is 14.4 Å². The maximum atomic E-state index is 13.1. The van der Waals surface area contributed by atoms with Crippen LogP contribution >= 0.6 is 0 Å². The van der Waals surface area contributed by atoms with E-state index in [1.807, 2.05) is 42.2 Å². The van der Waals surface area contributed by atoms with Crippen LogP contribution in [0.15, 0.2) is 30.3 Å². The van der Waals surface area contributed by atoms with E-state index in [0.29, 0.717) is 50.5 Å². The van der Waals surface area contributed by atoms with Gasteiger partial charge < -0.3 is 9.80 Å². The number of rotatable bonds is 5. The first-order chi connectivity index (χ1) is 16.0. The molecule has 1 aromatic heterocycles. The first kappa shape index (κ1) is 21.6. The van der Waals surface area contributed by atoms with Crippen molar-refractivity contribution in [3.63, 3.8) is 0 Å². The number of benzene rings is 1. The van der Waals surface area contributed by atoms with E-state index in [9.17, 15) is 14.4 Å². The highest BCUT2D eigenvalue weighted by Crippen LogP contribution is 2.35. The number of anilines is 1. The lowest BCUT2D eigenvalue weighted by Crippen LogP contribution is -2.41. The summed E-state index contributed by atoms with van der Waals surface area (Å²) in [4.78, 5) is 52.8. The highest BCUT2D eigenvalue weighted by molar-refractivity contribution is 5.95. The lowest BCUT2D eigenvalue weighted by atomic mass is 10.0. The van der Waals surface area contributed by atoms with Crippen LogP contribution in [0.2, 0.25) is 0 Å². The number of aryl methyl sites for hydroxylation is 1. The van der Waals surface area contributed by atoms with Crippen molar-refractivity contribution in [2.24, 2.45) is 0 Å². The van der Waals surface area contributed by atoms with Gasteiger partial charge in [0.15, 0.2) is 5.82 Å². The fourth-order valence-electron chi connectivity index (χ4n) is 5.14. The summed E-state index contributed by atoms with van der Waals surface area (Å²) in [7, 11) is 0. The minimum atomic E-state index is -0.227. The third-order valence-electron chi connectivity index (χ3n) is 6.91. The summed E-state index contributed by atoms with van der Waals surface area (Å²) in [6.45, 7) is 3.83. The minimum Gasteiger partial charge on any atom is -0.333 e. The van der Waals surface area contributed by atoms with Crippen LogP contribution in [0.3, 0.4) is 0 Å². The highest BCUT2D eigenvalue weighted by atomic mass is 16.2. The standard InChI is InChI=1S/C25H29N5O3/c1-17-19-11-12-22(32)30(15-18-7-3-2-4-8-18)25(19)27-24(26-17)20-9-5-14-29(20)23(33)16-28-13-6-10-21(28)31/h2-4,7-8,20H,5-6,9-16H2,1H3/t20-/m0/s1. The number of likely N-dealkylation sites (tertiary alicyclic amines) is 2. The third-order valence-corrected chi connectivity index (χ3v) is 6.91. The van der Waals surface area contributed by atoms with Crippen LogP contribution in [-0.4, -0.2) is 57.1 Å². The van der Waals surface area contributed by atoms with Crippen LogP contribution in [-0.2, 0) is 27.3 Å². The topological polar surface area (TPSA) is 86.7 Å². The largest absolute Gasteiger partial charge is 0.333 e. The molecule has 8 nitrogen and oxygen atoms in total. The van der Waals surface area contributed by atoms with Crippen LogP contribution in [0.1, 0.15) is 60.8 Å². The summed E-state index contributed by atoms with van der Waals surface area (Å²) in [6, 6.07) is 9.68. The summed E-state index contributed by atoms with van der Waals surface area (Å²) in [5, 5.41) is 0. The van der Waals surface area contributed by atoms with Gasteiger partial charge >= 0.3 is 0 Å². The third kappa shape index (κ3) is 4.21. The molecule has 1 atom stereocenters. The molecule has 0 saturated carbocycles. The number of fused-ring (bicyclic) bond motifs is 1. The Morgan fingerprint density at radius 2 is 1.82 bits per heavy atom. The minimum absolute atomic E-state index is 0.0510. The summed E-state index contributed by atoms with van der Waals surface area (Å²) >= 11 is 0. The fourth-order valence-corrected chi connectivity index (χ4v) is 5.14. The molecule has 172 valence electrons. The van der Waals surface area contributed by atoms with E-state index in [-0.39, 0.29) is 30.3 Å². The summed E-state index contributed by atoms with van der Waals surface area (Å²) in [5.74, 6) is 1.32. The van der Waals surface area contributed by atoms with Gasteiger partial charge in [-0.1, -0.05) is 30.3 Å². The maximum absolute atomic E-state index is 13.1.